The Morgan fingerprint density at radius 2 is 1.76 bits per heavy atom. The lowest BCUT2D eigenvalue weighted by Crippen LogP contribution is -2.44. The number of aryl methyl sites for hydroxylation is 1. The minimum absolute atomic E-state index is 0.260. The number of halogens is 3. The Bertz CT molecular complexity index is 974. The Kier molecular flexibility index (Phi) is 6.09. The average Bonchev–Trinajstić information content (AvgIpc) is 2.90. The molecule has 1 fully saturated rings. The monoisotopic (exact) mass is 525 g/mol. The quantitative estimate of drug-likeness (QED) is 0.565. The van der Waals surface area contributed by atoms with E-state index in [9.17, 15) is 18.8 Å². The fraction of sp³-hybridized carbons (Fsp3) is 0.250. The van der Waals surface area contributed by atoms with E-state index in [0.717, 1.165) is 10.5 Å². The Labute approximate surface area is 184 Å². The van der Waals surface area contributed by atoms with Gasteiger partial charge in [-0.1, -0.05) is 19.1 Å². The van der Waals surface area contributed by atoms with Crippen LogP contribution in [0.4, 0.5) is 14.9 Å². The smallest absolute Gasteiger partial charge is 0.323 e. The second-order valence-electron chi connectivity index (χ2n) is 6.74. The average molecular weight is 527 g/mol. The minimum Gasteiger partial charge on any atom is -0.323 e. The number of carbonyl (C=O) groups excluding carboxylic acids is 3. The number of imide groups is 1. The van der Waals surface area contributed by atoms with Crippen molar-refractivity contribution in [1.82, 2.24) is 10.2 Å². The molecule has 0 radical (unpaired) electrons. The summed E-state index contributed by atoms with van der Waals surface area (Å²) in [4.78, 5) is 39.0. The van der Waals surface area contributed by atoms with Crippen LogP contribution in [0.3, 0.4) is 0 Å². The van der Waals surface area contributed by atoms with Crippen LogP contribution in [0.5, 0.6) is 0 Å². The third-order valence-corrected chi connectivity index (χ3v) is 6.05. The van der Waals surface area contributed by atoms with E-state index in [1.807, 2.05) is 19.1 Å². The molecule has 2 N–H and O–H groups in total. The summed E-state index contributed by atoms with van der Waals surface area (Å²) in [5.41, 5.74) is 0.637. The predicted molar refractivity (Wildman–Crippen MR) is 114 cm³/mol. The van der Waals surface area contributed by atoms with E-state index in [1.165, 1.54) is 24.3 Å². The number of rotatable bonds is 5. The molecule has 0 unspecified atom stereocenters. The van der Waals surface area contributed by atoms with Crippen molar-refractivity contribution < 1.29 is 18.8 Å². The lowest BCUT2D eigenvalue weighted by Gasteiger charge is -2.25. The molecule has 0 aromatic heterocycles. The van der Waals surface area contributed by atoms with Crippen LogP contribution in [-0.2, 0) is 15.1 Å². The minimum atomic E-state index is -1.32. The van der Waals surface area contributed by atoms with Gasteiger partial charge < -0.3 is 10.6 Å². The van der Waals surface area contributed by atoms with Gasteiger partial charge in [0, 0.05) is 8.95 Å². The number of anilines is 1. The normalized spacial score (nSPS) is 18.7. The van der Waals surface area contributed by atoms with Gasteiger partial charge in [-0.05, 0) is 80.6 Å². The molecule has 2 aromatic carbocycles. The van der Waals surface area contributed by atoms with E-state index in [4.69, 9.17) is 0 Å². The van der Waals surface area contributed by atoms with Crippen molar-refractivity contribution in [2.75, 3.05) is 11.9 Å². The van der Waals surface area contributed by atoms with Crippen molar-refractivity contribution in [3.63, 3.8) is 0 Å². The lowest BCUT2D eigenvalue weighted by atomic mass is 9.87. The van der Waals surface area contributed by atoms with Crippen LogP contribution < -0.4 is 10.6 Å². The van der Waals surface area contributed by atoms with Crippen LogP contribution in [0, 0.1) is 12.7 Å². The number of benzene rings is 2. The molecule has 29 heavy (non-hydrogen) atoms. The molecule has 4 amide bonds. The maximum Gasteiger partial charge on any atom is 0.325 e. The summed E-state index contributed by atoms with van der Waals surface area (Å²) in [6.45, 7) is 3.21. The van der Waals surface area contributed by atoms with Crippen LogP contribution in [0.25, 0.3) is 0 Å². The Morgan fingerprint density at radius 3 is 2.31 bits per heavy atom. The number of carbonyl (C=O) groups is 3. The van der Waals surface area contributed by atoms with Crippen LogP contribution >= 0.6 is 31.9 Å². The number of nitrogens with zero attached hydrogens (tertiary/aromatic N) is 1. The van der Waals surface area contributed by atoms with E-state index in [1.54, 1.807) is 6.92 Å². The fourth-order valence-corrected chi connectivity index (χ4v) is 4.90. The molecule has 1 heterocycles. The topological polar surface area (TPSA) is 78.5 Å². The van der Waals surface area contributed by atoms with Gasteiger partial charge in [-0.2, -0.15) is 0 Å². The first kappa shape index (κ1) is 21.4. The predicted octanol–water partition coefficient (Wildman–Crippen LogP) is 4.45. The first-order chi connectivity index (χ1) is 13.7. The largest absolute Gasteiger partial charge is 0.325 e. The lowest BCUT2D eigenvalue weighted by molar-refractivity contribution is -0.134. The number of hydrogen-bond acceptors (Lipinski definition) is 3. The Hall–Kier alpha value is -2.26. The zero-order valence-electron chi connectivity index (χ0n) is 15.7. The van der Waals surface area contributed by atoms with Gasteiger partial charge in [0.2, 0.25) is 5.91 Å². The molecule has 1 aliphatic heterocycles. The summed E-state index contributed by atoms with van der Waals surface area (Å²) in [5.74, 6) is -1.51. The van der Waals surface area contributed by atoms with E-state index < -0.39 is 35.7 Å². The summed E-state index contributed by atoms with van der Waals surface area (Å²) in [6.07, 6.45) is 0.260. The molecule has 0 bridgehead atoms. The van der Waals surface area contributed by atoms with Crippen molar-refractivity contribution in [1.29, 1.82) is 0 Å². The first-order valence-corrected chi connectivity index (χ1v) is 10.4. The Balaban J connectivity index is 1.81. The van der Waals surface area contributed by atoms with Crippen LogP contribution in [-0.4, -0.2) is 29.3 Å². The molecule has 6 nitrogen and oxygen atoms in total. The second kappa shape index (κ2) is 8.23. The molecule has 9 heteroatoms. The highest BCUT2D eigenvalue weighted by atomic mass is 79.9. The van der Waals surface area contributed by atoms with Crippen molar-refractivity contribution >= 4 is 55.4 Å². The van der Waals surface area contributed by atoms with Gasteiger partial charge in [0.05, 0.1) is 5.69 Å². The van der Waals surface area contributed by atoms with Crippen LogP contribution in [0.2, 0.25) is 0 Å². The molecule has 152 valence electrons. The van der Waals surface area contributed by atoms with Gasteiger partial charge in [0.1, 0.15) is 17.9 Å². The highest BCUT2D eigenvalue weighted by molar-refractivity contribution is 9.11. The zero-order valence-corrected chi connectivity index (χ0v) is 18.9. The van der Waals surface area contributed by atoms with Gasteiger partial charge in [-0.3, -0.25) is 14.5 Å². The fourth-order valence-electron chi connectivity index (χ4n) is 3.29. The molecular formula is C20H18Br2FN3O3. The van der Waals surface area contributed by atoms with Crippen molar-refractivity contribution in [2.24, 2.45) is 0 Å². The zero-order chi connectivity index (χ0) is 21.3. The number of hydrogen-bond donors (Lipinski definition) is 2. The molecule has 0 saturated carbocycles. The maximum absolute atomic E-state index is 13.3. The Morgan fingerprint density at radius 1 is 1.17 bits per heavy atom. The third kappa shape index (κ3) is 4.06. The van der Waals surface area contributed by atoms with E-state index >= 15 is 0 Å². The van der Waals surface area contributed by atoms with Gasteiger partial charge >= 0.3 is 6.03 Å². The number of urea groups is 1. The van der Waals surface area contributed by atoms with Gasteiger partial charge in [-0.25, -0.2) is 9.18 Å². The van der Waals surface area contributed by atoms with Crippen LogP contribution in [0.15, 0.2) is 45.3 Å². The highest BCUT2D eigenvalue weighted by Crippen LogP contribution is 2.34. The molecule has 2 aromatic rings. The summed E-state index contributed by atoms with van der Waals surface area (Å²) in [5, 5.41) is 5.38. The number of nitrogens with one attached hydrogen (secondary N) is 2. The second-order valence-corrected chi connectivity index (χ2v) is 8.45. The van der Waals surface area contributed by atoms with E-state index in [0.29, 0.717) is 20.2 Å². The standard InChI is InChI=1S/C20H18Br2FN3O3/c1-3-20(12-4-6-13(23)7-5-12)18(28)26(19(29)25-20)10-16(27)24-17-14(21)8-11(2)9-15(17)22/h4-9H,3,10H2,1-2H3,(H,24,27)(H,25,29)/t20-/m1/s1. The summed E-state index contributed by atoms with van der Waals surface area (Å²) in [7, 11) is 0. The summed E-state index contributed by atoms with van der Waals surface area (Å²) in [6, 6.07) is 8.39. The summed E-state index contributed by atoms with van der Waals surface area (Å²) >= 11 is 6.79. The van der Waals surface area contributed by atoms with E-state index in [-0.39, 0.29) is 6.42 Å². The first-order valence-electron chi connectivity index (χ1n) is 8.83. The van der Waals surface area contributed by atoms with Gasteiger partial charge in [0.15, 0.2) is 0 Å². The number of amides is 4. The van der Waals surface area contributed by atoms with Crippen molar-refractivity contribution in [3.05, 3.63) is 62.3 Å². The SMILES string of the molecule is CC[C@]1(c2ccc(F)cc2)NC(=O)N(CC(=O)Nc2c(Br)cc(C)cc2Br)C1=O. The summed E-state index contributed by atoms with van der Waals surface area (Å²) < 4.78 is 14.6. The molecule has 1 aliphatic rings. The van der Waals surface area contributed by atoms with Crippen LogP contribution in [0.1, 0.15) is 24.5 Å². The highest BCUT2D eigenvalue weighted by Gasteiger charge is 2.51. The van der Waals surface area contributed by atoms with E-state index in [2.05, 4.69) is 42.5 Å². The molecule has 0 aliphatic carbocycles. The van der Waals surface area contributed by atoms with Crippen molar-refractivity contribution in [3.8, 4) is 0 Å². The van der Waals surface area contributed by atoms with Gasteiger partial charge in [-0.15, -0.1) is 0 Å². The molecule has 0 spiro atoms. The molecular weight excluding hydrogens is 509 g/mol. The molecule has 1 atom stereocenters. The van der Waals surface area contributed by atoms with Gasteiger partial charge in [0.25, 0.3) is 5.91 Å². The maximum atomic E-state index is 13.3. The van der Waals surface area contributed by atoms with Crippen molar-refractivity contribution in [2.45, 2.75) is 25.8 Å². The third-order valence-electron chi connectivity index (χ3n) is 4.80. The molecule has 1 saturated heterocycles. The molecule has 3 rings (SSSR count).